The lowest BCUT2D eigenvalue weighted by Crippen LogP contribution is -2.34. The Hall–Kier alpha value is -0.810. The monoisotopic (exact) mass is 258 g/mol. The summed E-state index contributed by atoms with van der Waals surface area (Å²) in [5, 5.41) is 6.02. The first kappa shape index (κ1) is 15.2. The second-order valence-corrected chi connectivity index (χ2v) is 5.60. The van der Waals surface area contributed by atoms with E-state index in [1.54, 1.807) is 0 Å². The zero-order valence-electron chi connectivity index (χ0n) is 11.8. The second-order valence-electron chi connectivity index (χ2n) is 5.60. The Bertz CT molecular complexity index is 245. The van der Waals surface area contributed by atoms with Gasteiger partial charge in [0, 0.05) is 13.2 Å². The van der Waals surface area contributed by atoms with E-state index in [0.29, 0.717) is 19.3 Å². The molecule has 106 valence electrons. The van der Waals surface area contributed by atoms with Crippen molar-refractivity contribution in [2.45, 2.75) is 51.7 Å². The Morgan fingerprint density at radius 3 is 2.61 bits per heavy atom. The Labute approximate surface area is 110 Å². The number of carbonyl (C=O) groups is 1. The highest BCUT2D eigenvalue weighted by Gasteiger charge is 2.15. The van der Waals surface area contributed by atoms with Gasteiger partial charge in [-0.05, 0) is 53.1 Å². The fourth-order valence-corrected chi connectivity index (χ4v) is 1.79. The van der Waals surface area contributed by atoms with Crippen LogP contribution in [0.5, 0.6) is 0 Å². The van der Waals surface area contributed by atoms with Gasteiger partial charge in [0.2, 0.25) is 0 Å². The summed E-state index contributed by atoms with van der Waals surface area (Å²) in [5.74, 6) is 0. The standard InChI is InChI=1S/C13H26N2O3/c1-13(2,3)18-12(16)15-7-4-10-17-11-5-8-14-9-6-11/h11,14H,4-10H2,1-3H3,(H,15,16). The number of alkyl carbamates (subject to hydrolysis) is 1. The van der Waals surface area contributed by atoms with E-state index in [2.05, 4.69) is 10.6 Å². The minimum absolute atomic E-state index is 0.357. The molecule has 5 nitrogen and oxygen atoms in total. The molecule has 0 aliphatic carbocycles. The van der Waals surface area contributed by atoms with Crippen molar-refractivity contribution in [1.82, 2.24) is 10.6 Å². The second kappa shape index (κ2) is 7.59. The van der Waals surface area contributed by atoms with Crippen molar-refractivity contribution in [2.24, 2.45) is 0 Å². The molecule has 1 saturated heterocycles. The molecule has 1 aliphatic rings. The lowest BCUT2D eigenvalue weighted by Gasteiger charge is -2.23. The molecule has 1 rings (SSSR count). The highest BCUT2D eigenvalue weighted by molar-refractivity contribution is 5.67. The Kier molecular flexibility index (Phi) is 6.43. The van der Waals surface area contributed by atoms with Crippen molar-refractivity contribution in [3.05, 3.63) is 0 Å². The normalized spacial score (nSPS) is 17.5. The van der Waals surface area contributed by atoms with Crippen LogP contribution in [0.15, 0.2) is 0 Å². The molecule has 2 N–H and O–H groups in total. The van der Waals surface area contributed by atoms with Crippen LogP contribution in [0.4, 0.5) is 4.79 Å². The van der Waals surface area contributed by atoms with Gasteiger partial charge in [-0.15, -0.1) is 0 Å². The van der Waals surface area contributed by atoms with Gasteiger partial charge < -0.3 is 20.1 Å². The van der Waals surface area contributed by atoms with Crippen LogP contribution in [0.25, 0.3) is 0 Å². The van der Waals surface area contributed by atoms with Crippen LogP contribution in [0.1, 0.15) is 40.0 Å². The van der Waals surface area contributed by atoms with Gasteiger partial charge in [0.1, 0.15) is 5.60 Å². The predicted molar refractivity (Wildman–Crippen MR) is 70.7 cm³/mol. The highest BCUT2D eigenvalue weighted by atomic mass is 16.6. The van der Waals surface area contributed by atoms with E-state index in [-0.39, 0.29) is 6.09 Å². The highest BCUT2D eigenvalue weighted by Crippen LogP contribution is 2.08. The van der Waals surface area contributed by atoms with Crippen LogP contribution in [0, 0.1) is 0 Å². The molecule has 0 atom stereocenters. The Morgan fingerprint density at radius 1 is 1.33 bits per heavy atom. The molecule has 1 heterocycles. The summed E-state index contributed by atoms with van der Waals surface area (Å²) in [5.41, 5.74) is -0.435. The first-order valence-corrected chi connectivity index (χ1v) is 6.76. The molecule has 0 saturated carbocycles. The Balaban J connectivity index is 1.96. The van der Waals surface area contributed by atoms with Gasteiger partial charge in [-0.1, -0.05) is 0 Å². The van der Waals surface area contributed by atoms with E-state index in [4.69, 9.17) is 9.47 Å². The van der Waals surface area contributed by atoms with Gasteiger partial charge in [-0.25, -0.2) is 4.79 Å². The van der Waals surface area contributed by atoms with Crippen LogP contribution in [-0.2, 0) is 9.47 Å². The van der Waals surface area contributed by atoms with Gasteiger partial charge in [0.15, 0.2) is 0 Å². The minimum atomic E-state index is -0.435. The molecule has 0 aromatic heterocycles. The molecule has 0 bridgehead atoms. The number of amides is 1. The molecule has 0 aromatic rings. The third-order valence-electron chi connectivity index (χ3n) is 2.63. The maximum absolute atomic E-state index is 11.3. The third-order valence-corrected chi connectivity index (χ3v) is 2.63. The van der Waals surface area contributed by atoms with Gasteiger partial charge in [-0.3, -0.25) is 0 Å². The van der Waals surface area contributed by atoms with Gasteiger partial charge >= 0.3 is 6.09 Å². The quantitative estimate of drug-likeness (QED) is 0.736. The summed E-state index contributed by atoms with van der Waals surface area (Å²) in [6.45, 7) is 8.94. The van der Waals surface area contributed by atoms with Crippen LogP contribution in [-0.4, -0.2) is 44.0 Å². The summed E-state index contributed by atoms with van der Waals surface area (Å²) < 4.78 is 10.9. The smallest absolute Gasteiger partial charge is 0.407 e. The first-order chi connectivity index (χ1) is 8.47. The molecular weight excluding hydrogens is 232 g/mol. The molecular formula is C13H26N2O3. The molecule has 1 aliphatic heterocycles. The number of hydrogen-bond acceptors (Lipinski definition) is 4. The summed E-state index contributed by atoms with van der Waals surface area (Å²) in [6.07, 6.45) is 3.01. The van der Waals surface area contributed by atoms with E-state index in [9.17, 15) is 4.79 Å². The number of hydrogen-bond donors (Lipinski definition) is 2. The van der Waals surface area contributed by atoms with E-state index < -0.39 is 5.60 Å². The first-order valence-electron chi connectivity index (χ1n) is 6.76. The Morgan fingerprint density at radius 2 is 2.00 bits per heavy atom. The number of piperidine rings is 1. The molecule has 1 amide bonds. The molecule has 18 heavy (non-hydrogen) atoms. The summed E-state index contributed by atoms with van der Waals surface area (Å²) in [6, 6.07) is 0. The SMILES string of the molecule is CC(C)(C)OC(=O)NCCCOC1CCNCC1. The third kappa shape index (κ3) is 7.50. The summed E-state index contributed by atoms with van der Waals surface area (Å²) in [4.78, 5) is 11.3. The zero-order chi connectivity index (χ0) is 13.4. The number of nitrogens with one attached hydrogen (secondary N) is 2. The fourth-order valence-electron chi connectivity index (χ4n) is 1.79. The van der Waals surface area contributed by atoms with Gasteiger partial charge in [0.05, 0.1) is 6.10 Å². The van der Waals surface area contributed by atoms with E-state index in [1.807, 2.05) is 20.8 Å². The van der Waals surface area contributed by atoms with Crippen molar-refractivity contribution in [2.75, 3.05) is 26.2 Å². The van der Waals surface area contributed by atoms with E-state index in [1.165, 1.54) is 0 Å². The van der Waals surface area contributed by atoms with Crippen molar-refractivity contribution >= 4 is 6.09 Å². The molecule has 0 spiro atoms. The van der Waals surface area contributed by atoms with Crippen LogP contribution in [0.3, 0.4) is 0 Å². The van der Waals surface area contributed by atoms with E-state index >= 15 is 0 Å². The largest absolute Gasteiger partial charge is 0.444 e. The topological polar surface area (TPSA) is 59.6 Å². The molecule has 5 heteroatoms. The lowest BCUT2D eigenvalue weighted by atomic mass is 10.1. The molecule has 0 radical (unpaired) electrons. The maximum atomic E-state index is 11.3. The van der Waals surface area contributed by atoms with Crippen molar-refractivity contribution in [3.8, 4) is 0 Å². The van der Waals surface area contributed by atoms with Gasteiger partial charge in [-0.2, -0.15) is 0 Å². The molecule has 0 aromatic carbocycles. The average molecular weight is 258 g/mol. The van der Waals surface area contributed by atoms with Crippen molar-refractivity contribution in [1.29, 1.82) is 0 Å². The van der Waals surface area contributed by atoms with E-state index in [0.717, 1.165) is 32.4 Å². The summed E-state index contributed by atoms with van der Waals surface area (Å²) in [7, 11) is 0. The lowest BCUT2D eigenvalue weighted by molar-refractivity contribution is 0.0301. The predicted octanol–water partition coefficient (Wildman–Crippen LogP) is 1.67. The number of ether oxygens (including phenoxy) is 2. The maximum Gasteiger partial charge on any atom is 0.407 e. The van der Waals surface area contributed by atoms with Gasteiger partial charge in [0.25, 0.3) is 0 Å². The molecule has 0 unspecified atom stereocenters. The zero-order valence-corrected chi connectivity index (χ0v) is 11.8. The van der Waals surface area contributed by atoms with Crippen LogP contribution < -0.4 is 10.6 Å². The van der Waals surface area contributed by atoms with Crippen molar-refractivity contribution in [3.63, 3.8) is 0 Å². The fraction of sp³-hybridized carbons (Fsp3) is 0.923. The van der Waals surface area contributed by atoms with Crippen LogP contribution >= 0.6 is 0 Å². The average Bonchev–Trinajstić information content (AvgIpc) is 2.27. The van der Waals surface area contributed by atoms with Crippen LogP contribution in [0.2, 0.25) is 0 Å². The minimum Gasteiger partial charge on any atom is -0.444 e. The molecule has 1 fully saturated rings. The summed E-state index contributed by atoms with van der Waals surface area (Å²) >= 11 is 0. The number of carbonyl (C=O) groups excluding carboxylic acids is 1. The van der Waals surface area contributed by atoms with Crippen molar-refractivity contribution < 1.29 is 14.3 Å². The number of rotatable bonds is 5.